The van der Waals surface area contributed by atoms with Gasteiger partial charge in [0.15, 0.2) is 0 Å². The van der Waals surface area contributed by atoms with Crippen LogP contribution in [0, 0.1) is 11.3 Å². The van der Waals surface area contributed by atoms with Crippen LogP contribution >= 0.6 is 0 Å². The minimum absolute atomic E-state index is 0.0409. The van der Waals surface area contributed by atoms with E-state index in [1.54, 1.807) is 25.9 Å². The first-order chi connectivity index (χ1) is 19.1. The second kappa shape index (κ2) is 14.4. The lowest BCUT2D eigenvalue weighted by Crippen LogP contribution is -2.61. The zero-order chi connectivity index (χ0) is 31.0. The summed E-state index contributed by atoms with van der Waals surface area (Å²) in [6.07, 6.45) is 1.85. The number of carbonyl (C=O) groups excluding carboxylic acids is 3. The molecule has 0 unspecified atom stereocenters. The van der Waals surface area contributed by atoms with E-state index in [2.05, 4.69) is 16.0 Å². The van der Waals surface area contributed by atoms with Gasteiger partial charge in [0.1, 0.15) is 6.04 Å². The highest BCUT2D eigenvalue weighted by Crippen LogP contribution is 2.29. The molecule has 224 valence electrons. The van der Waals surface area contributed by atoms with Crippen molar-refractivity contribution in [1.29, 1.82) is 0 Å². The molecule has 3 amide bonds. The van der Waals surface area contributed by atoms with Crippen molar-refractivity contribution >= 4 is 17.7 Å². The van der Waals surface area contributed by atoms with Crippen molar-refractivity contribution in [3.63, 3.8) is 0 Å². The summed E-state index contributed by atoms with van der Waals surface area (Å²) in [6, 6.07) is 17.9. The van der Waals surface area contributed by atoms with Gasteiger partial charge in [0.05, 0.1) is 12.1 Å². The van der Waals surface area contributed by atoms with E-state index >= 15 is 0 Å². The molecule has 2 rings (SSSR count). The Labute approximate surface area is 247 Å². The molecule has 0 spiro atoms. The molecule has 0 fully saturated rings. The van der Waals surface area contributed by atoms with Crippen molar-refractivity contribution < 1.29 is 14.4 Å². The van der Waals surface area contributed by atoms with Gasteiger partial charge in [0.25, 0.3) is 0 Å². The molecule has 41 heavy (non-hydrogen) atoms. The van der Waals surface area contributed by atoms with Crippen LogP contribution in [0.1, 0.15) is 66.5 Å². The zero-order valence-corrected chi connectivity index (χ0v) is 26.5. The SMILES string of the molecule is CN[C@H](C(=O)N[C@H](C(=O)N(C)[C@H](C=C(C)C(=O)NCc1ccccc1)C(C)C)C(C)(C)C)C(C)(C)c1ccccc1. The number of amides is 3. The van der Waals surface area contributed by atoms with E-state index in [-0.39, 0.29) is 29.7 Å². The standard InChI is InChI=1S/C34H50N4O3/c1-23(2)27(21-24(3)30(39)36-22-25-17-13-11-14-18-25)38(10)32(41)29(33(4,5)6)37-31(40)28(35-9)34(7,8)26-19-15-12-16-20-26/h11-21,23,27-29,35H,22H2,1-10H3,(H,36,39)(H,37,40)/t27-,28-,29-/m1/s1. The Morgan fingerprint density at radius 2 is 1.41 bits per heavy atom. The number of benzene rings is 2. The van der Waals surface area contributed by atoms with E-state index in [4.69, 9.17) is 0 Å². The second-order valence-corrected chi connectivity index (χ2v) is 12.8. The summed E-state index contributed by atoms with van der Waals surface area (Å²) in [5.41, 5.74) is 1.50. The molecule has 2 aromatic rings. The molecule has 3 atom stereocenters. The van der Waals surface area contributed by atoms with Gasteiger partial charge in [-0.15, -0.1) is 0 Å². The fraction of sp³-hybridized carbons (Fsp3) is 0.500. The van der Waals surface area contributed by atoms with Crippen LogP contribution in [0.5, 0.6) is 0 Å². The Hall–Kier alpha value is -3.45. The Morgan fingerprint density at radius 1 is 0.878 bits per heavy atom. The maximum absolute atomic E-state index is 14.0. The van der Waals surface area contributed by atoms with Gasteiger partial charge in [-0.25, -0.2) is 0 Å². The summed E-state index contributed by atoms with van der Waals surface area (Å²) >= 11 is 0. The van der Waals surface area contributed by atoms with Crippen LogP contribution in [-0.4, -0.2) is 54.8 Å². The molecule has 0 radical (unpaired) electrons. The fourth-order valence-electron chi connectivity index (χ4n) is 5.08. The summed E-state index contributed by atoms with van der Waals surface area (Å²) in [5.74, 6) is -0.581. The highest BCUT2D eigenvalue weighted by Gasteiger charge is 2.41. The highest BCUT2D eigenvalue weighted by atomic mass is 16.2. The number of likely N-dealkylation sites (N-methyl/N-ethyl adjacent to an activating group) is 2. The Bertz CT molecular complexity index is 1180. The van der Waals surface area contributed by atoms with Crippen LogP contribution in [-0.2, 0) is 26.3 Å². The summed E-state index contributed by atoms with van der Waals surface area (Å²) in [5, 5.41) is 9.21. The molecule has 7 nitrogen and oxygen atoms in total. The third kappa shape index (κ3) is 9.02. The summed E-state index contributed by atoms with van der Waals surface area (Å²) in [7, 11) is 3.51. The Morgan fingerprint density at radius 3 is 1.90 bits per heavy atom. The first kappa shape index (κ1) is 33.8. The molecule has 0 aliphatic heterocycles. The molecule has 3 N–H and O–H groups in total. The van der Waals surface area contributed by atoms with Crippen molar-refractivity contribution in [2.24, 2.45) is 11.3 Å². The van der Waals surface area contributed by atoms with E-state index < -0.39 is 22.9 Å². The highest BCUT2D eigenvalue weighted by molar-refractivity contribution is 5.93. The summed E-state index contributed by atoms with van der Waals surface area (Å²) in [4.78, 5) is 42.3. The molecule has 0 saturated carbocycles. The minimum Gasteiger partial charge on any atom is -0.348 e. The molecule has 0 saturated heterocycles. The molecule has 0 heterocycles. The third-order valence-corrected chi connectivity index (χ3v) is 7.74. The lowest BCUT2D eigenvalue weighted by atomic mass is 9.76. The van der Waals surface area contributed by atoms with Gasteiger partial charge in [-0.3, -0.25) is 14.4 Å². The number of hydrogen-bond donors (Lipinski definition) is 3. The van der Waals surface area contributed by atoms with Crippen LogP contribution in [0.25, 0.3) is 0 Å². The number of nitrogens with one attached hydrogen (secondary N) is 3. The van der Waals surface area contributed by atoms with E-state index in [9.17, 15) is 14.4 Å². The topological polar surface area (TPSA) is 90.5 Å². The molecule has 2 aromatic carbocycles. The van der Waals surface area contributed by atoms with E-state index in [0.717, 1.165) is 11.1 Å². The zero-order valence-electron chi connectivity index (χ0n) is 26.5. The van der Waals surface area contributed by atoms with Crippen molar-refractivity contribution in [1.82, 2.24) is 20.9 Å². The molecular weight excluding hydrogens is 512 g/mol. The third-order valence-electron chi connectivity index (χ3n) is 7.74. The van der Waals surface area contributed by atoms with Crippen molar-refractivity contribution in [3.05, 3.63) is 83.4 Å². The second-order valence-electron chi connectivity index (χ2n) is 12.8. The first-order valence-electron chi connectivity index (χ1n) is 14.4. The van der Waals surface area contributed by atoms with Crippen LogP contribution in [0.4, 0.5) is 0 Å². The van der Waals surface area contributed by atoms with Crippen molar-refractivity contribution in [3.8, 4) is 0 Å². The lowest BCUT2D eigenvalue weighted by Gasteiger charge is -2.40. The minimum atomic E-state index is -0.774. The fourth-order valence-corrected chi connectivity index (χ4v) is 5.08. The maximum Gasteiger partial charge on any atom is 0.246 e. The molecular formula is C34H50N4O3. The van der Waals surface area contributed by atoms with Gasteiger partial charge in [0.2, 0.25) is 17.7 Å². The van der Waals surface area contributed by atoms with E-state index in [1.165, 1.54) is 0 Å². The Kier molecular flexibility index (Phi) is 11.9. The lowest BCUT2D eigenvalue weighted by molar-refractivity contribution is -0.140. The number of hydrogen-bond acceptors (Lipinski definition) is 4. The first-order valence-corrected chi connectivity index (χ1v) is 14.4. The average Bonchev–Trinajstić information content (AvgIpc) is 2.92. The predicted octanol–water partition coefficient (Wildman–Crippen LogP) is 4.83. The van der Waals surface area contributed by atoms with Crippen molar-refractivity contribution in [2.75, 3.05) is 14.1 Å². The molecule has 0 aromatic heterocycles. The van der Waals surface area contributed by atoms with Gasteiger partial charge in [0, 0.05) is 24.6 Å². The van der Waals surface area contributed by atoms with Crippen molar-refractivity contribution in [2.45, 2.75) is 85.5 Å². The predicted molar refractivity (Wildman–Crippen MR) is 167 cm³/mol. The molecule has 0 aliphatic rings. The summed E-state index contributed by atoms with van der Waals surface area (Å²) < 4.78 is 0. The number of rotatable bonds is 12. The maximum atomic E-state index is 14.0. The van der Waals surface area contributed by atoms with Crippen LogP contribution in [0.2, 0.25) is 0 Å². The average molecular weight is 563 g/mol. The summed E-state index contributed by atoms with van der Waals surface area (Å²) in [6.45, 7) is 16.1. The van der Waals surface area contributed by atoms with Gasteiger partial charge < -0.3 is 20.9 Å². The van der Waals surface area contributed by atoms with E-state index in [1.807, 2.05) is 115 Å². The molecule has 0 bridgehead atoms. The van der Waals surface area contributed by atoms with E-state index in [0.29, 0.717) is 12.1 Å². The smallest absolute Gasteiger partial charge is 0.246 e. The van der Waals surface area contributed by atoms with Crippen LogP contribution in [0.15, 0.2) is 72.3 Å². The van der Waals surface area contributed by atoms with Gasteiger partial charge in [-0.2, -0.15) is 0 Å². The molecule has 7 heteroatoms. The van der Waals surface area contributed by atoms with Crippen LogP contribution < -0.4 is 16.0 Å². The van der Waals surface area contributed by atoms with Gasteiger partial charge in [-0.05, 0) is 36.4 Å². The number of carbonyl (C=O) groups is 3. The largest absolute Gasteiger partial charge is 0.348 e. The van der Waals surface area contributed by atoms with Gasteiger partial charge in [-0.1, -0.05) is 115 Å². The normalized spacial score (nSPS) is 14.7. The van der Waals surface area contributed by atoms with Crippen LogP contribution in [0.3, 0.4) is 0 Å². The van der Waals surface area contributed by atoms with Gasteiger partial charge >= 0.3 is 0 Å². The monoisotopic (exact) mass is 562 g/mol. The Balaban J connectivity index is 2.26. The number of nitrogens with zero attached hydrogens (tertiary/aromatic N) is 1. The quantitative estimate of drug-likeness (QED) is 0.323. The molecule has 0 aliphatic carbocycles.